The van der Waals surface area contributed by atoms with Crippen LogP contribution in [0.4, 0.5) is 0 Å². The van der Waals surface area contributed by atoms with E-state index in [1.54, 1.807) is 18.2 Å². The van der Waals surface area contributed by atoms with Crippen LogP contribution in [0.15, 0.2) is 24.3 Å². The van der Waals surface area contributed by atoms with Crippen LogP contribution >= 0.6 is 0 Å². The van der Waals surface area contributed by atoms with Crippen LogP contribution in [0.25, 0.3) is 0 Å². The van der Waals surface area contributed by atoms with Gasteiger partial charge in [0, 0.05) is 0 Å². The van der Waals surface area contributed by atoms with Crippen molar-refractivity contribution in [2.24, 2.45) is 0 Å². The largest absolute Gasteiger partial charge is 0.508 e. The molecule has 1 rings (SSSR count). The molecule has 0 aliphatic rings. The highest BCUT2D eigenvalue weighted by atomic mass is 16.3. The van der Waals surface area contributed by atoms with E-state index in [9.17, 15) is 10.2 Å². The Balaban J connectivity index is 2.06. The Labute approximate surface area is 117 Å². The SMILES string of the molecule is CCCCCCCCCCC(O)c1cccc(O)c1. The van der Waals surface area contributed by atoms with E-state index in [1.807, 2.05) is 6.07 Å². The average Bonchev–Trinajstić information content (AvgIpc) is 2.41. The molecule has 0 bridgehead atoms. The molecule has 0 spiro atoms. The Bertz CT molecular complexity index is 336. The second kappa shape index (κ2) is 9.85. The van der Waals surface area contributed by atoms with Crippen molar-refractivity contribution in [2.45, 2.75) is 70.8 Å². The Kier molecular flexibility index (Phi) is 8.31. The molecule has 0 amide bonds. The van der Waals surface area contributed by atoms with Crippen molar-refractivity contribution in [1.29, 1.82) is 0 Å². The molecular weight excluding hydrogens is 236 g/mol. The second-order valence-electron chi connectivity index (χ2n) is 5.37. The van der Waals surface area contributed by atoms with Gasteiger partial charge in [-0.25, -0.2) is 0 Å². The summed E-state index contributed by atoms with van der Waals surface area (Å²) in [6.07, 6.45) is 10.6. The molecule has 0 saturated carbocycles. The summed E-state index contributed by atoms with van der Waals surface area (Å²) in [5.74, 6) is 0.229. The maximum Gasteiger partial charge on any atom is 0.115 e. The number of aliphatic hydroxyl groups is 1. The number of phenols is 1. The smallest absolute Gasteiger partial charge is 0.115 e. The molecule has 0 aliphatic heterocycles. The van der Waals surface area contributed by atoms with Gasteiger partial charge in [0.25, 0.3) is 0 Å². The van der Waals surface area contributed by atoms with E-state index < -0.39 is 6.10 Å². The lowest BCUT2D eigenvalue weighted by molar-refractivity contribution is 0.163. The van der Waals surface area contributed by atoms with E-state index in [-0.39, 0.29) is 5.75 Å². The highest BCUT2D eigenvalue weighted by molar-refractivity contribution is 5.28. The van der Waals surface area contributed by atoms with Crippen LogP contribution in [0.2, 0.25) is 0 Å². The summed E-state index contributed by atoms with van der Waals surface area (Å²) in [6.45, 7) is 2.24. The van der Waals surface area contributed by atoms with Gasteiger partial charge in [0.2, 0.25) is 0 Å². The van der Waals surface area contributed by atoms with Crippen molar-refractivity contribution in [2.75, 3.05) is 0 Å². The highest BCUT2D eigenvalue weighted by Crippen LogP contribution is 2.23. The Morgan fingerprint density at radius 3 is 2.21 bits per heavy atom. The molecule has 1 aromatic rings. The third-order valence-corrected chi connectivity index (χ3v) is 3.59. The number of unbranched alkanes of at least 4 members (excludes halogenated alkanes) is 7. The monoisotopic (exact) mass is 264 g/mol. The summed E-state index contributed by atoms with van der Waals surface area (Å²) in [6, 6.07) is 6.93. The maximum atomic E-state index is 10.0. The Morgan fingerprint density at radius 1 is 0.947 bits per heavy atom. The molecule has 108 valence electrons. The van der Waals surface area contributed by atoms with Gasteiger partial charge in [-0.2, -0.15) is 0 Å². The van der Waals surface area contributed by atoms with Gasteiger partial charge in [-0.15, -0.1) is 0 Å². The van der Waals surface area contributed by atoms with E-state index in [4.69, 9.17) is 0 Å². The molecule has 1 unspecified atom stereocenters. The minimum absolute atomic E-state index is 0.229. The lowest BCUT2D eigenvalue weighted by atomic mass is 10.0. The first kappa shape index (κ1) is 16.0. The summed E-state index contributed by atoms with van der Waals surface area (Å²) < 4.78 is 0. The number of rotatable bonds is 10. The zero-order valence-electron chi connectivity index (χ0n) is 12.1. The molecule has 0 radical (unpaired) electrons. The molecule has 0 heterocycles. The van der Waals surface area contributed by atoms with Crippen LogP contribution in [-0.2, 0) is 0 Å². The molecule has 2 N–H and O–H groups in total. The third-order valence-electron chi connectivity index (χ3n) is 3.59. The third kappa shape index (κ3) is 7.22. The molecule has 0 saturated heterocycles. The van der Waals surface area contributed by atoms with Crippen LogP contribution in [0.5, 0.6) is 5.75 Å². The van der Waals surface area contributed by atoms with Gasteiger partial charge >= 0.3 is 0 Å². The minimum Gasteiger partial charge on any atom is -0.508 e. The minimum atomic E-state index is -0.438. The van der Waals surface area contributed by atoms with Crippen molar-refractivity contribution in [1.82, 2.24) is 0 Å². The number of hydrogen-bond donors (Lipinski definition) is 2. The van der Waals surface area contributed by atoms with Crippen LogP contribution in [-0.4, -0.2) is 10.2 Å². The fraction of sp³-hybridized carbons (Fsp3) is 0.647. The van der Waals surface area contributed by atoms with E-state index in [0.717, 1.165) is 18.4 Å². The van der Waals surface area contributed by atoms with Crippen LogP contribution in [0, 0.1) is 0 Å². The quantitative estimate of drug-likeness (QED) is 0.587. The molecular formula is C17H28O2. The lowest BCUT2D eigenvalue weighted by Crippen LogP contribution is -1.97. The average molecular weight is 264 g/mol. The van der Waals surface area contributed by atoms with Crippen molar-refractivity contribution in [3.63, 3.8) is 0 Å². The number of hydrogen-bond acceptors (Lipinski definition) is 2. The van der Waals surface area contributed by atoms with Crippen LogP contribution < -0.4 is 0 Å². The summed E-state index contributed by atoms with van der Waals surface area (Å²) in [7, 11) is 0. The zero-order valence-corrected chi connectivity index (χ0v) is 12.1. The fourth-order valence-electron chi connectivity index (χ4n) is 2.37. The van der Waals surface area contributed by atoms with Gasteiger partial charge in [0.1, 0.15) is 5.75 Å². The predicted molar refractivity (Wildman–Crippen MR) is 80.3 cm³/mol. The first-order valence-electron chi connectivity index (χ1n) is 7.71. The fourth-order valence-corrected chi connectivity index (χ4v) is 2.37. The van der Waals surface area contributed by atoms with Gasteiger partial charge in [-0.05, 0) is 24.1 Å². The van der Waals surface area contributed by atoms with Crippen molar-refractivity contribution in [3.05, 3.63) is 29.8 Å². The summed E-state index contributed by atoms with van der Waals surface area (Å²) >= 11 is 0. The molecule has 2 nitrogen and oxygen atoms in total. The Hall–Kier alpha value is -1.02. The van der Waals surface area contributed by atoms with Crippen molar-refractivity contribution in [3.8, 4) is 5.75 Å². The highest BCUT2D eigenvalue weighted by Gasteiger charge is 2.07. The molecule has 2 heteroatoms. The van der Waals surface area contributed by atoms with Gasteiger partial charge in [0.15, 0.2) is 0 Å². The molecule has 0 fully saturated rings. The van der Waals surface area contributed by atoms with Crippen molar-refractivity contribution < 1.29 is 10.2 Å². The van der Waals surface area contributed by atoms with Crippen molar-refractivity contribution >= 4 is 0 Å². The van der Waals surface area contributed by atoms with E-state index in [0.29, 0.717) is 0 Å². The lowest BCUT2D eigenvalue weighted by Gasteiger charge is -2.11. The maximum absolute atomic E-state index is 10.0. The standard InChI is InChI=1S/C17H28O2/c1-2-3-4-5-6-7-8-9-13-17(19)15-11-10-12-16(18)14-15/h10-12,14,17-19H,2-9,13H2,1H3. The first-order valence-corrected chi connectivity index (χ1v) is 7.71. The number of benzene rings is 1. The van der Waals surface area contributed by atoms with Crippen LogP contribution in [0.1, 0.15) is 76.4 Å². The van der Waals surface area contributed by atoms with E-state index in [2.05, 4.69) is 6.92 Å². The summed E-state index contributed by atoms with van der Waals surface area (Å²) in [5, 5.41) is 19.4. The van der Waals surface area contributed by atoms with Gasteiger partial charge < -0.3 is 10.2 Å². The molecule has 0 aromatic heterocycles. The predicted octanol–water partition coefficient (Wildman–Crippen LogP) is 4.96. The van der Waals surface area contributed by atoms with Gasteiger partial charge in [-0.3, -0.25) is 0 Å². The number of aromatic hydroxyl groups is 1. The van der Waals surface area contributed by atoms with Gasteiger partial charge in [-0.1, -0.05) is 70.4 Å². The van der Waals surface area contributed by atoms with Crippen LogP contribution in [0.3, 0.4) is 0 Å². The Morgan fingerprint density at radius 2 is 1.58 bits per heavy atom. The summed E-state index contributed by atoms with van der Waals surface area (Å²) in [4.78, 5) is 0. The summed E-state index contributed by atoms with van der Waals surface area (Å²) in [5.41, 5.74) is 0.822. The molecule has 19 heavy (non-hydrogen) atoms. The number of aliphatic hydroxyl groups excluding tert-OH is 1. The second-order valence-corrected chi connectivity index (χ2v) is 5.37. The molecule has 0 aliphatic carbocycles. The van der Waals surface area contributed by atoms with E-state index in [1.165, 1.54) is 44.9 Å². The zero-order chi connectivity index (χ0) is 13.9. The topological polar surface area (TPSA) is 40.5 Å². The van der Waals surface area contributed by atoms with E-state index >= 15 is 0 Å². The van der Waals surface area contributed by atoms with Gasteiger partial charge in [0.05, 0.1) is 6.10 Å². The first-order chi connectivity index (χ1) is 9.24. The number of phenolic OH excluding ortho intramolecular Hbond substituents is 1. The molecule has 1 atom stereocenters. The molecule has 1 aromatic carbocycles. The normalized spacial score (nSPS) is 12.5.